The highest BCUT2D eigenvalue weighted by Gasteiger charge is 2.31. The van der Waals surface area contributed by atoms with Crippen LogP contribution in [0.1, 0.15) is 23.8 Å². The van der Waals surface area contributed by atoms with Gasteiger partial charge in [-0.3, -0.25) is 4.68 Å². The molecule has 25 heavy (non-hydrogen) atoms. The van der Waals surface area contributed by atoms with Gasteiger partial charge in [0.1, 0.15) is 6.10 Å². The number of aromatic nitrogens is 3. The maximum absolute atomic E-state index is 6.06. The van der Waals surface area contributed by atoms with Crippen LogP contribution in [0.4, 0.5) is 0 Å². The Morgan fingerprint density at radius 2 is 2.24 bits per heavy atom. The molecular weight excluding hydrogens is 336 g/mol. The van der Waals surface area contributed by atoms with Gasteiger partial charge in [-0.1, -0.05) is 11.6 Å². The molecule has 0 radical (unpaired) electrons. The molecule has 1 aliphatic heterocycles. The van der Waals surface area contributed by atoms with E-state index in [0.717, 1.165) is 36.8 Å². The minimum Gasteiger partial charge on any atom is -0.372 e. The van der Waals surface area contributed by atoms with Crippen LogP contribution in [0.3, 0.4) is 0 Å². The second-order valence-corrected chi connectivity index (χ2v) is 7.13. The molecule has 0 amide bonds. The van der Waals surface area contributed by atoms with Crippen LogP contribution in [0.2, 0.25) is 5.02 Å². The van der Waals surface area contributed by atoms with Gasteiger partial charge in [0.15, 0.2) is 0 Å². The van der Waals surface area contributed by atoms with Crippen molar-refractivity contribution < 1.29 is 4.74 Å². The number of nitrogens with zero attached hydrogens (tertiary/aromatic N) is 3. The quantitative estimate of drug-likeness (QED) is 0.759. The molecule has 132 valence electrons. The second kappa shape index (κ2) is 6.83. The van der Waals surface area contributed by atoms with E-state index < -0.39 is 0 Å². The summed E-state index contributed by atoms with van der Waals surface area (Å²) in [5, 5.41) is 10.1. The lowest BCUT2D eigenvalue weighted by Crippen LogP contribution is -2.34. The average Bonchev–Trinajstić information content (AvgIpc) is 3.26. The van der Waals surface area contributed by atoms with Crippen molar-refractivity contribution in [3.8, 4) is 0 Å². The Labute approximate surface area is 152 Å². The second-order valence-electron chi connectivity index (χ2n) is 6.70. The van der Waals surface area contributed by atoms with Crippen LogP contribution >= 0.6 is 11.6 Å². The molecule has 0 saturated carbocycles. The molecule has 2 aromatic heterocycles. The Morgan fingerprint density at radius 1 is 1.36 bits per heavy atom. The third-order valence-electron chi connectivity index (χ3n) is 4.94. The molecule has 3 heterocycles. The van der Waals surface area contributed by atoms with Gasteiger partial charge in [-0.25, -0.2) is 0 Å². The molecular formula is C19H23ClN4O. The molecule has 1 fully saturated rings. The summed E-state index contributed by atoms with van der Waals surface area (Å²) < 4.78 is 10.1. The summed E-state index contributed by atoms with van der Waals surface area (Å²) in [4.78, 5) is 0. The average molecular weight is 359 g/mol. The third kappa shape index (κ3) is 3.32. The van der Waals surface area contributed by atoms with Gasteiger partial charge in [0.2, 0.25) is 0 Å². The molecule has 0 aliphatic carbocycles. The Kier molecular flexibility index (Phi) is 4.54. The van der Waals surface area contributed by atoms with Gasteiger partial charge in [0.05, 0.1) is 5.69 Å². The Balaban J connectivity index is 1.41. The number of aryl methyl sites for hydroxylation is 2. The van der Waals surface area contributed by atoms with Gasteiger partial charge in [-0.15, -0.1) is 0 Å². The van der Waals surface area contributed by atoms with Crippen molar-refractivity contribution in [3.05, 3.63) is 52.9 Å². The lowest BCUT2D eigenvalue weighted by Gasteiger charge is -2.20. The molecule has 1 aromatic carbocycles. The Bertz CT molecular complexity index is 885. The minimum absolute atomic E-state index is 0.0916. The lowest BCUT2D eigenvalue weighted by molar-refractivity contribution is 0.0981. The predicted molar refractivity (Wildman–Crippen MR) is 100.0 cm³/mol. The molecule has 2 atom stereocenters. The van der Waals surface area contributed by atoms with Gasteiger partial charge in [0.25, 0.3) is 0 Å². The van der Waals surface area contributed by atoms with E-state index in [1.165, 1.54) is 16.5 Å². The summed E-state index contributed by atoms with van der Waals surface area (Å²) >= 11 is 6.06. The SMILES string of the molecule is Cc1nn(C)cc1[C@H]1OCC[C@@H]1NCCn1ccc2cc(Cl)ccc21. The van der Waals surface area contributed by atoms with E-state index in [0.29, 0.717) is 6.04 Å². The van der Waals surface area contributed by atoms with Crippen LogP contribution in [0.5, 0.6) is 0 Å². The van der Waals surface area contributed by atoms with E-state index in [1.807, 2.05) is 30.8 Å². The zero-order chi connectivity index (χ0) is 17.4. The molecule has 3 aromatic rings. The molecule has 1 N–H and O–H groups in total. The number of hydrogen-bond donors (Lipinski definition) is 1. The van der Waals surface area contributed by atoms with Gasteiger partial charge in [-0.05, 0) is 37.6 Å². The van der Waals surface area contributed by atoms with Crippen molar-refractivity contribution in [1.82, 2.24) is 19.7 Å². The lowest BCUT2D eigenvalue weighted by atomic mass is 10.0. The number of hydrogen-bond acceptors (Lipinski definition) is 3. The molecule has 6 heteroatoms. The van der Waals surface area contributed by atoms with Crippen LogP contribution in [0.25, 0.3) is 10.9 Å². The van der Waals surface area contributed by atoms with Gasteiger partial charge >= 0.3 is 0 Å². The number of ether oxygens (including phenoxy) is 1. The molecule has 4 rings (SSSR count). The van der Waals surface area contributed by atoms with Crippen LogP contribution in [0, 0.1) is 6.92 Å². The zero-order valence-electron chi connectivity index (χ0n) is 14.6. The van der Waals surface area contributed by atoms with Crippen molar-refractivity contribution in [2.45, 2.75) is 32.0 Å². The molecule has 0 bridgehead atoms. The first-order chi connectivity index (χ1) is 12.1. The van der Waals surface area contributed by atoms with Crippen molar-refractivity contribution in [1.29, 1.82) is 0 Å². The molecule has 0 spiro atoms. The number of halogens is 1. The van der Waals surface area contributed by atoms with E-state index in [4.69, 9.17) is 16.3 Å². The molecule has 0 unspecified atom stereocenters. The smallest absolute Gasteiger partial charge is 0.101 e. The topological polar surface area (TPSA) is 44.0 Å². The van der Waals surface area contributed by atoms with E-state index in [9.17, 15) is 0 Å². The first-order valence-corrected chi connectivity index (χ1v) is 9.09. The van der Waals surface area contributed by atoms with Crippen LogP contribution in [-0.2, 0) is 18.3 Å². The van der Waals surface area contributed by atoms with E-state index >= 15 is 0 Å². The molecule has 5 nitrogen and oxygen atoms in total. The summed E-state index contributed by atoms with van der Waals surface area (Å²) in [6.07, 6.45) is 5.31. The fourth-order valence-electron chi connectivity index (χ4n) is 3.74. The highest BCUT2D eigenvalue weighted by atomic mass is 35.5. The summed E-state index contributed by atoms with van der Waals surface area (Å²) in [5.41, 5.74) is 3.46. The predicted octanol–water partition coefficient (Wildman–Crippen LogP) is 3.46. The van der Waals surface area contributed by atoms with Crippen molar-refractivity contribution >= 4 is 22.5 Å². The van der Waals surface area contributed by atoms with Gasteiger partial charge < -0.3 is 14.6 Å². The normalized spacial score (nSPS) is 20.6. The summed E-state index contributed by atoms with van der Waals surface area (Å²) in [7, 11) is 1.96. The maximum atomic E-state index is 6.06. The number of rotatable bonds is 5. The van der Waals surface area contributed by atoms with E-state index in [1.54, 1.807) is 0 Å². The van der Waals surface area contributed by atoms with Crippen LogP contribution < -0.4 is 5.32 Å². The number of fused-ring (bicyclic) bond motifs is 1. The fraction of sp³-hybridized carbons (Fsp3) is 0.421. The fourth-order valence-corrected chi connectivity index (χ4v) is 3.92. The maximum Gasteiger partial charge on any atom is 0.101 e. The zero-order valence-corrected chi connectivity index (χ0v) is 15.3. The number of benzene rings is 1. The van der Waals surface area contributed by atoms with Crippen molar-refractivity contribution in [2.75, 3.05) is 13.2 Å². The van der Waals surface area contributed by atoms with E-state index in [-0.39, 0.29) is 6.10 Å². The third-order valence-corrected chi connectivity index (χ3v) is 5.18. The molecule has 1 saturated heterocycles. The summed E-state index contributed by atoms with van der Waals surface area (Å²) in [6, 6.07) is 8.48. The standard InChI is InChI=1S/C19H23ClN4O/c1-13-16(12-23(2)22-13)19-17(6-10-25-19)21-7-9-24-8-5-14-11-15(20)3-4-18(14)24/h3-5,8,11-12,17,19,21H,6-7,9-10H2,1-2H3/t17-,19+/m0/s1. The summed E-state index contributed by atoms with van der Waals surface area (Å²) in [5.74, 6) is 0. The van der Waals surface area contributed by atoms with Crippen molar-refractivity contribution in [2.24, 2.45) is 7.05 Å². The van der Waals surface area contributed by atoms with Crippen molar-refractivity contribution in [3.63, 3.8) is 0 Å². The highest BCUT2D eigenvalue weighted by Crippen LogP contribution is 2.30. The van der Waals surface area contributed by atoms with Gasteiger partial charge in [0, 0.05) is 66.7 Å². The monoisotopic (exact) mass is 358 g/mol. The molecule has 1 aliphatic rings. The minimum atomic E-state index is 0.0916. The highest BCUT2D eigenvalue weighted by molar-refractivity contribution is 6.31. The Morgan fingerprint density at radius 3 is 3.04 bits per heavy atom. The van der Waals surface area contributed by atoms with E-state index in [2.05, 4.69) is 39.5 Å². The largest absolute Gasteiger partial charge is 0.372 e. The first kappa shape index (κ1) is 16.6. The Hall–Kier alpha value is -1.82. The number of nitrogens with one attached hydrogen (secondary N) is 1. The van der Waals surface area contributed by atoms with Crippen LogP contribution in [0.15, 0.2) is 36.7 Å². The van der Waals surface area contributed by atoms with Gasteiger partial charge in [-0.2, -0.15) is 5.10 Å². The first-order valence-electron chi connectivity index (χ1n) is 8.71. The summed E-state index contributed by atoms with van der Waals surface area (Å²) in [6.45, 7) is 4.66. The van der Waals surface area contributed by atoms with Crippen LogP contribution in [-0.4, -0.2) is 33.5 Å².